The van der Waals surface area contributed by atoms with Crippen molar-refractivity contribution in [2.24, 2.45) is 0 Å². The van der Waals surface area contributed by atoms with Gasteiger partial charge in [-0.15, -0.1) is 11.3 Å². The third-order valence-corrected chi connectivity index (χ3v) is 5.95. The number of nitrogens with zero attached hydrogens (tertiary/aromatic N) is 3. The fraction of sp³-hybridized carbons (Fsp3) is 0.160. The van der Waals surface area contributed by atoms with Gasteiger partial charge in [-0.1, -0.05) is 54.6 Å². The van der Waals surface area contributed by atoms with E-state index >= 15 is 0 Å². The van der Waals surface area contributed by atoms with Gasteiger partial charge in [0.15, 0.2) is 0 Å². The molecule has 0 saturated heterocycles. The summed E-state index contributed by atoms with van der Waals surface area (Å²) in [5, 5.41) is 9.18. The number of hydrogen-bond donors (Lipinski definition) is 1. The van der Waals surface area contributed by atoms with Crippen LogP contribution in [0.25, 0.3) is 5.69 Å². The van der Waals surface area contributed by atoms with E-state index in [2.05, 4.69) is 10.4 Å². The van der Waals surface area contributed by atoms with E-state index in [0.29, 0.717) is 17.8 Å². The molecule has 0 unspecified atom stereocenters. The molecule has 4 rings (SSSR count). The third-order valence-electron chi connectivity index (χ3n) is 5.08. The highest BCUT2D eigenvalue weighted by Crippen LogP contribution is 2.13. The number of benzene rings is 2. The van der Waals surface area contributed by atoms with Crippen LogP contribution in [0, 0.1) is 0 Å². The van der Waals surface area contributed by atoms with E-state index in [1.165, 1.54) is 11.3 Å². The summed E-state index contributed by atoms with van der Waals surface area (Å²) in [5.74, 6) is -0.384. The summed E-state index contributed by atoms with van der Waals surface area (Å²) >= 11 is 1.35. The fourth-order valence-electron chi connectivity index (χ4n) is 3.47. The summed E-state index contributed by atoms with van der Waals surface area (Å²) in [7, 11) is 1.75. The van der Waals surface area contributed by atoms with Crippen LogP contribution in [0.15, 0.2) is 90.6 Å². The molecule has 1 N–H and O–H groups in total. The SMILES string of the molecule is CN(Cc1cnn(-c2ccccc2)c1)C(=O)[C@H](Cc1ccccc1)NC(=O)c1cccs1. The van der Waals surface area contributed by atoms with Crippen LogP contribution in [0.3, 0.4) is 0 Å². The lowest BCUT2D eigenvalue weighted by Gasteiger charge is -2.24. The van der Waals surface area contributed by atoms with Gasteiger partial charge in [0.25, 0.3) is 5.91 Å². The molecule has 6 nitrogen and oxygen atoms in total. The summed E-state index contributed by atoms with van der Waals surface area (Å²) in [4.78, 5) is 28.2. The zero-order valence-corrected chi connectivity index (χ0v) is 18.5. The highest BCUT2D eigenvalue weighted by atomic mass is 32.1. The van der Waals surface area contributed by atoms with Crippen molar-refractivity contribution in [3.05, 3.63) is 107 Å². The molecular formula is C25H24N4O2S. The number of nitrogens with one attached hydrogen (secondary N) is 1. The van der Waals surface area contributed by atoms with Gasteiger partial charge in [0.05, 0.1) is 16.8 Å². The smallest absolute Gasteiger partial charge is 0.262 e. The Labute approximate surface area is 191 Å². The maximum absolute atomic E-state index is 13.3. The van der Waals surface area contributed by atoms with Crippen molar-refractivity contribution in [2.75, 3.05) is 7.05 Å². The van der Waals surface area contributed by atoms with Crippen LogP contribution in [0.1, 0.15) is 20.8 Å². The first-order valence-corrected chi connectivity index (χ1v) is 11.2. The summed E-state index contributed by atoms with van der Waals surface area (Å²) in [5.41, 5.74) is 2.85. The molecule has 1 atom stereocenters. The van der Waals surface area contributed by atoms with Crippen molar-refractivity contribution in [2.45, 2.75) is 19.0 Å². The molecule has 0 saturated carbocycles. The van der Waals surface area contributed by atoms with Crippen molar-refractivity contribution >= 4 is 23.2 Å². The Kier molecular flexibility index (Phi) is 6.77. The number of hydrogen-bond acceptors (Lipinski definition) is 4. The Morgan fingerprint density at radius 1 is 1.00 bits per heavy atom. The van der Waals surface area contributed by atoms with E-state index in [4.69, 9.17) is 0 Å². The van der Waals surface area contributed by atoms with Crippen molar-refractivity contribution < 1.29 is 9.59 Å². The molecular weight excluding hydrogens is 420 g/mol. The van der Waals surface area contributed by atoms with Crippen molar-refractivity contribution in [1.29, 1.82) is 0 Å². The van der Waals surface area contributed by atoms with Crippen molar-refractivity contribution in [3.8, 4) is 5.69 Å². The molecule has 4 aromatic rings. The average molecular weight is 445 g/mol. The summed E-state index contributed by atoms with van der Waals surface area (Å²) in [6.07, 6.45) is 4.09. The molecule has 2 amide bonds. The highest BCUT2D eigenvalue weighted by molar-refractivity contribution is 7.12. The predicted octanol–water partition coefficient (Wildman–Crippen LogP) is 3.93. The number of thiophene rings is 1. The van der Waals surface area contributed by atoms with E-state index in [0.717, 1.165) is 16.8 Å². The van der Waals surface area contributed by atoms with Crippen LogP contribution < -0.4 is 5.32 Å². The molecule has 2 heterocycles. The maximum atomic E-state index is 13.3. The molecule has 0 radical (unpaired) electrons. The minimum absolute atomic E-state index is 0.147. The molecule has 0 spiro atoms. The second kappa shape index (κ2) is 10.1. The van der Waals surface area contributed by atoms with Crippen LogP contribution in [0.2, 0.25) is 0 Å². The number of para-hydroxylation sites is 1. The Bertz CT molecular complexity index is 1160. The monoisotopic (exact) mass is 444 g/mol. The lowest BCUT2D eigenvalue weighted by atomic mass is 10.0. The van der Waals surface area contributed by atoms with Gasteiger partial charge < -0.3 is 10.2 Å². The van der Waals surface area contributed by atoms with Gasteiger partial charge in [0.2, 0.25) is 5.91 Å². The second-order valence-electron chi connectivity index (χ2n) is 7.52. The number of amides is 2. The Morgan fingerprint density at radius 2 is 1.72 bits per heavy atom. The lowest BCUT2D eigenvalue weighted by molar-refractivity contribution is -0.132. The van der Waals surface area contributed by atoms with E-state index in [9.17, 15) is 9.59 Å². The molecule has 162 valence electrons. The first-order chi connectivity index (χ1) is 15.6. The molecule has 0 fully saturated rings. The number of aromatic nitrogens is 2. The van der Waals surface area contributed by atoms with Crippen LogP contribution >= 0.6 is 11.3 Å². The molecule has 0 aliphatic heterocycles. The van der Waals surface area contributed by atoms with Crippen LogP contribution in [0.5, 0.6) is 0 Å². The minimum Gasteiger partial charge on any atom is -0.340 e. The highest BCUT2D eigenvalue weighted by Gasteiger charge is 2.25. The number of likely N-dealkylation sites (N-methyl/N-ethyl adjacent to an activating group) is 1. The summed E-state index contributed by atoms with van der Waals surface area (Å²) in [6.45, 7) is 0.395. The lowest BCUT2D eigenvalue weighted by Crippen LogP contribution is -2.48. The van der Waals surface area contributed by atoms with Gasteiger partial charge >= 0.3 is 0 Å². The topological polar surface area (TPSA) is 67.2 Å². The number of carbonyl (C=O) groups excluding carboxylic acids is 2. The van der Waals surface area contributed by atoms with Gasteiger partial charge in [-0.2, -0.15) is 5.10 Å². The first kappa shape index (κ1) is 21.5. The van der Waals surface area contributed by atoms with Crippen molar-refractivity contribution in [1.82, 2.24) is 20.0 Å². The molecule has 0 aliphatic rings. The molecule has 0 aliphatic carbocycles. The number of carbonyl (C=O) groups is 2. The van der Waals surface area contributed by atoms with E-state index in [1.807, 2.05) is 78.3 Å². The quantitative estimate of drug-likeness (QED) is 0.448. The molecule has 2 aromatic heterocycles. The Balaban J connectivity index is 1.48. The minimum atomic E-state index is -0.666. The van der Waals surface area contributed by atoms with E-state index in [-0.39, 0.29) is 11.8 Å². The second-order valence-corrected chi connectivity index (χ2v) is 8.46. The summed E-state index contributed by atoms with van der Waals surface area (Å²) in [6, 6.07) is 22.4. The Hall–Kier alpha value is -3.71. The normalized spacial score (nSPS) is 11.7. The number of rotatable bonds is 8. The zero-order valence-electron chi connectivity index (χ0n) is 17.7. The summed E-state index contributed by atoms with van der Waals surface area (Å²) < 4.78 is 1.79. The van der Waals surface area contributed by atoms with Gasteiger partial charge in [-0.05, 0) is 29.1 Å². The molecule has 32 heavy (non-hydrogen) atoms. The zero-order chi connectivity index (χ0) is 22.3. The van der Waals surface area contributed by atoms with Crippen LogP contribution in [-0.4, -0.2) is 39.6 Å². The average Bonchev–Trinajstić information content (AvgIpc) is 3.52. The van der Waals surface area contributed by atoms with Gasteiger partial charge in [-0.3, -0.25) is 9.59 Å². The van der Waals surface area contributed by atoms with E-state index < -0.39 is 6.04 Å². The van der Waals surface area contributed by atoms with Gasteiger partial charge in [0.1, 0.15) is 6.04 Å². The van der Waals surface area contributed by atoms with E-state index in [1.54, 1.807) is 28.9 Å². The standard InChI is InChI=1S/C25H24N4O2S/c1-28(17-20-16-26-29(18-20)21-11-6-3-7-12-21)25(31)22(15-19-9-4-2-5-10-19)27-24(30)23-13-8-14-32-23/h2-14,16,18,22H,15,17H2,1H3,(H,27,30)/t22-/m0/s1. The maximum Gasteiger partial charge on any atom is 0.262 e. The van der Waals surface area contributed by atoms with Gasteiger partial charge in [-0.25, -0.2) is 4.68 Å². The largest absolute Gasteiger partial charge is 0.340 e. The molecule has 2 aromatic carbocycles. The fourth-order valence-corrected chi connectivity index (χ4v) is 4.10. The van der Waals surface area contributed by atoms with Crippen molar-refractivity contribution in [3.63, 3.8) is 0 Å². The molecule has 7 heteroatoms. The van der Waals surface area contributed by atoms with Crippen LogP contribution in [-0.2, 0) is 17.8 Å². The predicted molar refractivity (Wildman–Crippen MR) is 126 cm³/mol. The first-order valence-electron chi connectivity index (χ1n) is 10.3. The molecule has 0 bridgehead atoms. The Morgan fingerprint density at radius 3 is 2.41 bits per heavy atom. The van der Waals surface area contributed by atoms with Crippen LogP contribution in [0.4, 0.5) is 0 Å². The van der Waals surface area contributed by atoms with Gasteiger partial charge in [0, 0.05) is 31.8 Å². The third kappa shape index (κ3) is 5.31.